The van der Waals surface area contributed by atoms with E-state index in [1.165, 1.54) is 0 Å². The van der Waals surface area contributed by atoms with Crippen LogP contribution in [0.1, 0.15) is 35.9 Å². The number of thiazole rings is 1. The third-order valence-electron chi connectivity index (χ3n) is 2.72. The zero-order valence-electron chi connectivity index (χ0n) is 10.6. The number of nitrogens with zero attached hydrogens (tertiary/aromatic N) is 1. The van der Waals surface area contributed by atoms with Gasteiger partial charge in [0.1, 0.15) is 16.9 Å². The molecule has 0 bridgehead atoms. The van der Waals surface area contributed by atoms with Gasteiger partial charge in [-0.25, -0.2) is 4.98 Å². The topological polar surface area (TPSA) is 58.3 Å². The summed E-state index contributed by atoms with van der Waals surface area (Å²) < 4.78 is 5.17. The SMILES string of the molecule is Cc1csc(CN[C@@H](C)C[C@H](O)c2ccco2)n1. The minimum atomic E-state index is -0.555. The normalized spacial score (nSPS) is 14.6. The van der Waals surface area contributed by atoms with Crippen molar-refractivity contribution < 1.29 is 9.52 Å². The van der Waals surface area contributed by atoms with Gasteiger partial charge in [-0.1, -0.05) is 0 Å². The van der Waals surface area contributed by atoms with Crippen LogP contribution in [-0.2, 0) is 6.54 Å². The number of aromatic nitrogens is 1. The summed E-state index contributed by atoms with van der Waals surface area (Å²) in [4.78, 5) is 4.39. The maximum absolute atomic E-state index is 9.93. The lowest BCUT2D eigenvalue weighted by molar-refractivity contribution is 0.128. The standard InChI is InChI=1S/C13H18N2O2S/c1-9(6-11(16)12-4-3-5-17-12)14-7-13-15-10(2)8-18-13/h3-5,8-9,11,14,16H,6-7H2,1-2H3/t9-,11-/m0/s1. The Hall–Kier alpha value is -1.17. The average molecular weight is 266 g/mol. The molecule has 0 aliphatic rings. The second kappa shape index (κ2) is 6.13. The smallest absolute Gasteiger partial charge is 0.132 e. The van der Waals surface area contributed by atoms with Crippen LogP contribution in [0, 0.1) is 6.92 Å². The van der Waals surface area contributed by atoms with Crippen molar-refractivity contribution >= 4 is 11.3 Å². The van der Waals surface area contributed by atoms with E-state index >= 15 is 0 Å². The molecule has 0 radical (unpaired) electrons. The van der Waals surface area contributed by atoms with E-state index in [1.807, 2.05) is 19.2 Å². The van der Waals surface area contributed by atoms with Crippen molar-refractivity contribution in [3.05, 3.63) is 40.2 Å². The fourth-order valence-electron chi connectivity index (χ4n) is 1.76. The molecule has 2 atom stereocenters. The molecule has 5 heteroatoms. The van der Waals surface area contributed by atoms with Crippen molar-refractivity contribution in [3.63, 3.8) is 0 Å². The number of hydrogen-bond donors (Lipinski definition) is 2. The fraction of sp³-hybridized carbons (Fsp3) is 0.462. The van der Waals surface area contributed by atoms with E-state index in [0.717, 1.165) is 17.2 Å². The molecule has 0 aromatic carbocycles. The van der Waals surface area contributed by atoms with E-state index in [9.17, 15) is 5.11 Å². The maximum Gasteiger partial charge on any atom is 0.132 e. The van der Waals surface area contributed by atoms with E-state index in [0.29, 0.717) is 12.2 Å². The fourth-order valence-corrected chi connectivity index (χ4v) is 2.48. The minimum Gasteiger partial charge on any atom is -0.467 e. The quantitative estimate of drug-likeness (QED) is 0.844. The van der Waals surface area contributed by atoms with Gasteiger partial charge < -0.3 is 14.8 Å². The summed E-state index contributed by atoms with van der Waals surface area (Å²) in [5.74, 6) is 0.619. The summed E-state index contributed by atoms with van der Waals surface area (Å²) in [6.07, 6.45) is 1.65. The molecule has 2 N–H and O–H groups in total. The highest BCUT2D eigenvalue weighted by Gasteiger charge is 2.14. The van der Waals surface area contributed by atoms with E-state index in [2.05, 4.69) is 10.3 Å². The van der Waals surface area contributed by atoms with Gasteiger partial charge in [0.25, 0.3) is 0 Å². The molecule has 0 aliphatic carbocycles. The first kappa shape index (κ1) is 13.3. The van der Waals surface area contributed by atoms with E-state index in [1.54, 1.807) is 29.7 Å². The lowest BCUT2D eigenvalue weighted by atomic mass is 10.1. The van der Waals surface area contributed by atoms with E-state index in [4.69, 9.17) is 4.42 Å². The summed E-state index contributed by atoms with van der Waals surface area (Å²) in [6, 6.07) is 3.78. The summed E-state index contributed by atoms with van der Waals surface area (Å²) in [7, 11) is 0. The predicted molar refractivity (Wildman–Crippen MR) is 71.4 cm³/mol. The van der Waals surface area contributed by atoms with Gasteiger partial charge in [-0.2, -0.15) is 0 Å². The van der Waals surface area contributed by atoms with Crippen molar-refractivity contribution in [2.45, 2.75) is 39.0 Å². The Morgan fingerprint density at radius 3 is 3.00 bits per heavy atom. The first-order chi connectivity index (χ1) is 8.65. The number of hydrogen-bond acceptors (Lipinski definition) is 5. The monoisotopic (exact) mass is 266 g/mol. The molecule has 0 aliphatic heterocycles. The predicted octanol–water partition coefficient (Wildman–Crippen LogP) is 2.65. The molecule has 2 aromatic rings. The first-order valence-corrected chi connectivity index (χ1v) is 6.89. The summed E-state index contributed by atoms with van der Waals surface area (Å²) >= 11 is 1.65. The highest BCUT2D eigenvalue weighted by atomic mass is 32.1. The van der Waals surface area contributed by atoms with Gasteiger partial charge in [-0.3, -0.25) is 0 Å². The van der Waals surface area contributed by atoms with Gasteiger partial charge in [-0.15, -0.1) is 11.3 Å². The average Bonchev–Trinajstić information content (AvgIpc) is 2.97. The van der Waals surface area contributed by atoms with Crippen LogP contribution < -0.4 is 5.32 Å². The molecular weight excluding hydrogens is 248 g/mol. The van der Waals surface area contributed by atoms with Gasteiger partial charge in [0.15, 0.2) is 0 Å². The van der Waals surface area contributed by atoms with Gasteiger partial charge in [-0.05, 0) is 32.4 Å². The molecule has 0 spiro atoms. The zero-order chi connectivity index (χ0) is 13.0. The van der Waals surface area contributed by atoms with Crippen molar-refractivity contribution in [3.8, 4) is 0 Å². The molecule has 98 valence electrons. The molecule has 0 saturated carbocycles. The molecule has 2 heterocycles. The number of aliphatic hydroxyl groups excluding tert-OH is 1. The van der Waals surface area contributed by atoms with Crippen LogP contribution in [-0.4, -0.2) is 16.1 Å². The Morgan fingerprint density at radius 2 is 2.39 bits per heavy atom. The molecule has 0 unspecified atom stereocenters. The number of rotatable bonds is 6. The lowest BCUT2D eigenvalue weighted by Crippen LogP contribution is -2.27. The molecule has 2 rings (SSSR count). The number of aryl methyl sites for hydroxylation is 1. The molecule has 0 fully saturated rings. The second-order valence-corrected chi connectivity index (χ2v) is 5.37. The van der Waals surface area contributed by atoms with E-state index in [-0.39, 0.29) is 6.04 Å². The largest absolute Gasteiger partial charge is 0.467 e. The molecular formula is C13H18N2O2S. The molecule has 18 heavy (non-hydrogen) atoms. The first-order valence-electron chi connectivity index (χ1n) is 6.01. The summed E-state index contributed by atoms with van der Waals surface area (Å²) in [5.41, 5.74) is 1.06. The second-order valence-electron chi connectivity index (χ2n) is 4.43. The Labute approximate surface area is 111 Å². The lowest BCUT2D eigenvalue weighted by Gasteiger charge is -2.15. The Bertz CT molecular complexity index is 467. The van der Waals surface area contributed by atoms with Gasteiger partial charge in [0, 0.05) is 23.7 Å². The highest BCUT2D eigenvalue weighted by Crippen LogP contribution is 2.18. The maximum atomic E-state index is 9.93. The third kappa shape index (κ3) is 3.66. The number of aliphatic hydroxyl groups is 1. The summed E-state index contributed by atoms with van der Waals surface area (Å²) in [6.45, 7) is 4.78. The van der Waals surface area contributed by atoms with Crippen LogP contribution in [0.4, 0.5) is 0 Å². The van der Waals surface area contributed by atoms with Crippen LogP contribution in [0.25, 0.3) is 0 Å². The van der Waals surface area contributed by atoms with Gasteiger partial charge in [0.2, 0.25) is 0 Å². The molecule has 0 saturated heterocycles. The Kier molecular flexibility index (Phi) is 4.52. The summed E-state index contributed by atoms with van der Waals surface area (Å²) in [5, 5.41) is 16.4. The van der Waals surface area contributed by atoms with Crippen LogP contribution >= 0.6 is 11.3 Å². The molecule has 2 aromatic heterocycles. The molecule has 0 amide bonds. The van der Waals surface area contributed by atoms with Gasteiger partial charge >= 0.3 is 0 Å². The van der Waals surface area contributed by atoms with Crippen LogP contribution in [0.5, 0.6) is 0 Å². The number of nitrogens with one attached hydrogen (secondary N) is 1. The van der Waals surface area contributed by atoms with Crippen LogP contribution in [0.2, 0.25) is 0 Å². The highest BCUT2D eigenvalue weighted by molar-refractivity contribution is 7.09. The number of furan rings is 1. The Morgan fingerprint density at radius 1 is 1.56 bits per heavy atom. The van der Waals surface area contributed by atoms with Crippen molar-refractivity contribution in [1.82, 2.24) is 10.3 Å². The van der Waals surface area contributed by atoms with Crippen molar-refractivity contribution in [2.24, 2.45) is 0 Å². The van der Waals surface area contributed by atoms with Crippen molar-refractivity contribution in [1.29, 1.82) is 0 Å². The minimum absolute atomic E-state index is 0.203. The van der Waals surface area contributed by atoms with Crippen molar-refractivity contribution in [2.75, 3.05) is 0 Å². The zero-order valence-corrected chi connectivity index (χ0v) is 11.4. The molecule has 4 nitrogen and oxygen atoms in total. The van der Waals surface area contributed by atoms with Gasteiger partial charge in [0.05, 0.1) is 6.26 Å². The van der Waals surface area contributed by atoms with Crippen LogP contribution in [0.15, 0.2) is 28.2 Å². The Balaban J connectivity index is 1.76. The van der Waals surface area contributed by atoms with E-state index < -0.39 is 6.10 Å². The van der Waals surface area contributed by atoms with Crippen LogP contribution in [0.3, 0.4) is 0 Å². The third-order valence-corrected chi connectivity index (χ3v) is 3.68.